The Kier molecular flexibility index (Phi) is 3.61. The van der Waals surface area contributed by atoms with Gasteiger partial charge < -0.3 is 5.11 Å². The van der Waals surface area contributed by atoms with E-state index in [4.69, 9.17) is 16.7 Å². The highest BCUT2D eigenvalue weighted by Crippen LogP contribution is 2.28. The summed E-state index contributed by atoms with van der Waals surface area (Å²) in [6.07, 6.45) is 2.06. The summed E-state index contributed by atoms with van der Waals surface area (Å²) in [5.74, 6) is -0.842. The van der Waals surface area contributed by atoms with Gasteiger partial charge in [0, 0.05) is 6.54 Å². The Labute approximate surface area is 110 Å². The molecular weight excluding hydrogens is 278 g/mol. The number of benzene rings is 1. The van der Waals surface area contributed by atoms with Crippen LogP contribution in [0, 0.1) is 5.92 Å². The van der Waals surface area contributed by atoms with Gasteiger partial charge in [0.1, 0.15) is 0 Å². The summed E-state index contributed by atoms with van der Waals surface area (Å²) >= 11 is 5.68. The number of sulfonamides is 1. The van der Waals surface area contributed by atoms with Gasteiger partial charge in [-0.3, -0.25) is 0 Å². The average molecular weight is 290 g/mol. The number of hydrogen-bond acceptors (Lipinski definition) is 3. The lowest BCUT2D eigenvalue weighted by Crippen LogP contribution is -2.26. The number of aromatic carboxylic acids is 1. The predicted octanol–water partition coefficient (Wildman–Crippen LogP) is 1.73. The molecule has 0 radical (unpaired) electrons. The van der Waals surface area contributed by atoms with Crippen molar-refractivity contribution in [1.82, 2.24) is 4.72 Å². The molecule has 1 aliphatic rings. The van der Waals surface area contributed by atoms with Gasteiger partial charge in [-0.1, -0.05) is 11.6 Å². The highest BCUT2D eigenvalue weighted by atomic mass is 35.5. The van der Waals surface area contributed by atoms with E-state index in [1.54, 1.807) is 0 Å². The number of carbonyl (C=O) groups is 1. The number of hydrogen-bond donors (Lipinski definition) is 2. The molecule has 7 heteroatoms. The summed E-state index contributed by atoms with van der Waals surface area (Å²) in [5, 5.41) is 8.90. The fraction of sp³-hybridized carbons (Fsp3) is 0.364. The van der Waals surface area contributed by atoms with Gasteiger partial charge in [-0.2, -0.15) is 0 Å². The third-order valence-corrected chi connectivity index (χ3v) is 4.49. The van der Waals surface area contributed by atoms with Gasteiger partial charge in [0.25, 0.3) is 0 Å². The number of carboxylic acid groups (broad SMARTS) is 1. The standard InChI is InChI=1S/C11H12ClNO4S/c12-10-4-3-8(5-9(10)11(14)15)18(16,17)13-6-7-1-2-7/h3-5,7,13H,1-2,6H2,(H,14,15). The van der Waals surface area contributed by atoms with Crippen molar-refractivity contribution in [3.63, 3.8) is 0 Å². The smallest absolute Gasteiger partial charge is 0.337 e. The van der Waals surface area contributed by atoms with Gasteiger partial charge >= 0.3 is 5.97 Å². The van der Waals surface area contributed by atoms with Crippen LogP contribution in [0.15, 0.2) is 23.1 Å². The molecule has 0 unspecified atom stereocenters. The maximum atomic E-state index is 11.9. The van der Waals surface area contributed by atoms with Crippen LogP contribution in [0.3, 0.4) is 0 Å². The second-order valence-electron chi connectivity index (χ2n) is 4.24. The Morgan fingerprint density at radius 1 is 1.44 bits per heavy atom. The molecule has 1 fully saturated rings. The van der Waals surface area contributed by atoms with Crippen LogP contribution in [0.25, 0.3) is 0 Å². The van der Waals surface area contributed by atoms with E-state index in [-0.39, 0.29) is 15.5 Å². The van der Waals surface area contributed by atoms with Crippen molar-refractivity contribution >= 4 is 27.6 Å². The van der Waals surface area contributed by atoms with E-state index in [9.17, 15) is 13.2 Å². The van der Waals surface area contributed by atoms with E-state index in [1.165, 1.54) is 12.1 Å². The highest BCUT2D eigenvalue weighted by molar-refractivity contribution is 7.89. The Morgan fingerprint density at radius 2 is 2.11 bits per heavy atom. The Bertz CT molecular complexity index is 581. The largest absolute Gasteiger partial charge is 0.478 e. The lowest BCUT2D eigenvalue weighted by atomic mass is 10.2. The van der Waals surface area contributed by atoms with Crippen LogP contribution in [0.4, 0.5) is 0 Å². The molecular formula is C11H12ClNO4S. The van der Waals surface area contributed by atoms with Gasteiger partial charge in [0.05, 0.1) is 15.5 Å². The van der Waals surface area contributed by atoms with E-state index >= 15 is 0 Å². The molecule has 0 atom stereocenters. The molecule has 0 spiro atoms. The Hall–Kier alpha value is -1.11. The summed E-state index contributed by atoms with van der Waals surface area (Å²) in [6, 6.07) is 3.64. The second-order valence-corrected chi connectivity index (χ2v) is 6.42. The van der Waals surface area contributed by atoms with Crippen molar-refractivity contribution in [3.05, 3.63) is 28.8 Å². The quantitative estimate of drug-likeness (QED) is 0.864. The van der Waals surface area contributed by atoms with Crippen LogP contribution in [0.5, 0.6) is 0 Å². The number of carboxylic acids is 1. The van der Waals surface area contributed by atoms with E-state index in [1.807, 2.05) is 0 Å². The molecule has 2 N–H and O–H groups in total. The molecule has 98 valence electrons. The topological polar surface area (TPSA) is 83.5 Å². The molecule has 1 aliphatic carbocycles. The molecule has 18 heavy (non-hydrogen) atoms. The van der Waals surface area contributed by atoms with Crippen LogP contribution < -0.4 is 4.72 Å². The Morgan fingerprint density at radius 3 is 2.67 bits per heavy atom. The van der Waals surface area contributed by atoms with Crippen molar-refractivity contribution in [2.45, 2.75) is 17.7 Å². The molecule has 0 bridgehead atoms. The fourth-order valence-electron chi connectivity index (χ4n) is 1.47. The lowest BCUT2D eigenvalue weighted by Gasteiger charge is -2.07. The predicted molar refractivity (Wildman–Crippen MR) is 66.3 cm³/mol. The van der Waals surface area contributed by atoms with Crippen LogP contribution in [-0.2, 0) is 10.0 Å². The fourth-order valence-corrected chi connectivity index (χ4v) is 2.81. The maximum absolute atomic E-state index is 11.9. The van der Waals surface area contributed by atoms with Crippen molar-refractivity contribution in [3.8, 4) is 0 Å². The monoisotopic (exact) mass is 289 g/mol. The first-order valence-electron chi connectivity index (χ1n) is 5.42. The Balaban J connectivity index is 2.25. The molecule has 0 amide bonds. The van der Waals surface area contributed by atoms with Crippen molar-refractivity contribution in [1.29, 1.82) is 0 Å². The molecule has 0 heterocycles. The van der Waals surface area contributed by atoms with Gasteiger partial charge in [-0.25, -0.2) is 17.9 Å². The van der Waals surface area contributed by atoms with E-state index in [0.29, 0.717) is 12.5 Å². The average Bonchev–Trinajstić information content (AvgIpc) is 3.10. The minimum Gasteiger partial charge on any atom is -0.478 e. The lowest BCUT2D eigenvalue weighted by molar-refractivity contribution is 0.0697. The molecule has 1 saturated carbocycles. The normalized spacial score (nSPS) is 15.6. The van der Waals surface area contributed by atoms with Crippen molar-refractivity contribution in [2.24, 2.45) is 5.92 Å². The first-order chi connectivity index (χ1) is 8.40. The minimum atomic E-state index is -3.66. The zero-order valence-electron chi connectivity index (χ0n) is 9.39. The molecule has 1 aromatic rings. The summed E-state index contributed by atoms with van der Waals surface area (Å²) in [6.45, 7) is 0.396. The second kappa shape index (κ2) is 4.87. The molecule has 0 aromatic heterocycles. The summed E-state index contributed by atoms with van der Waals surface area (Å²) in [4.78, 5) is 10.8. The molecule has 2 rings (SSSR count). The summed E-state index contributed by atoms with van der Waals surface area (Å²) in [7, 11) is -3.66. The summed E-state index contributed by atoms with van der Waals surface area (Å²) < 4.78 is 26.3. The molecule has 5 nitrogen and oxygen atoms in total. The number of rotatable bonds is 5. The first-order valence-corrected chi connectivity index (χ1v) is 7.29. The molecule has 0 saturated heterocycles. The minimum absolute atomic E-state index is 0.0173. The molecule has 1 aromatic carbocycles. The van der Waals surface area contributed by atoms with Crippen LogP contribution >= 0.6 is 11.6 Å². The van der Waals surface area contributed by atoms with E-state index in [0.717, 1.165) is 18.9 Å². The van der Waals surface area contributed by atoms with Crippen LogP contribution in [0.2, 0.25) is 5.02 Å². The van der Waals surface area contributed by atoms with Crippen LogP contribution in [-0.4, -0.2) is 26.0 Å². The summed E-state index contributed by atoms with van der Waals surface area (Å²) in [5.41, 5.74) is -0.217. The van der Waals surface area contributed by atoms with Crippen molar-refractivity contribution in [2.75, 3.05) is 6.54 Å². The zero-order valence-corrected chi connectivity index (χ0v) is 11.0. The van der Waals surface area contributed by atoms with Gasteiger partial charge in [0.15, 0.2) is 0 Å². The van der Waals surface area contributed by atoms with Gasteiger partial charge in [0.2, 0.25) is 10.0 Å². The number of halogens is 1. The zero-order chi connectivity index (χ0) is 13.3. The maximum Gasteiger partial charge on any atom is 0.337 e. The van der Waals surface area contributed by atoms with Gasteiger partial charge in [-0.15, -0.1) is 0 Å². The van der Waals surface area contributed by atoms with Crippen LogP contribution in [0.1, 0.15) is 23.2 Å². The third kappa shape index (κ3) is 3.01. The third-order valence-electron chi connectivity index (χ3n) is 2.74. The highest BCUT2D eigenvalue weighted by Gasteiger charge is 2.25. The van der Waals surface area contributed by atoms with Gasteiger partial charge in [-0.05, 0) is 37.0 Å². The van der Waals surface area contributed by atoms with E-state index in [2.05, 4.69) is 4.72 Å². The SMILES string of the molecule is O=C(O)c1cc(S(=O)(=O)NCC2CC2)ccc1Cl. The molecule has 0 aliphatic heterocycles. The van der Waals surface area contributed by atoms with Crippen molar-refractivity contribution < 1.29 is 18.3 Å². The number of nitrogens with one attached hydrogen (secondary N) is 1. The first kappa shape index (κ1) is 13.3. The van der Waals surface area contributed by atoms with E-state index < -0.39 is 16.0 Å².